The van der Waals surface area contributed by atoms with Crippen molar-refractivity contribution in [3.05, 3.63) is 52.2 Å². The molecule has 1 aromatic heterocycles. The molecule has 1 aliphatic heterocycles. The highest BCUT2D eigenvalue weighted by molar-refractivity contribution is 7.10. The number of rotatable bonds is 12. The van der Waals surface area contributed by atoms with Crippen molar-refractivity contribution < 1.29 is 23.9 Å². The van der Waals surface area contributed by atoms with Crippen LogP contribution in [0.25, 0.3) is 0 Å². The number of carbonyl (C=O) groups excluding carboxylic acids is 3. The molecular weight excluding hydrogens is 470 g/mol. The van der Waals surface area contributed by atoms with Gasteiger partial charge in [0, 0.05) is 35.9 Å². The van der Waals surface area contributed by atoms with E-state index in [2.05, 4.69) is 10.6 Å². The van der Waals surface area contributed by atoms with Gasteiger partial charge in [-0.05, 0) is 31.0 Å². The smallest absolute Gasteiger partial charge is 0.245 e. The Morgan fingerprint density at radius 1 is 1.23 bits per heavy atom. The third kappa shape index (κ3) is 7.52. The third-order valence-corrected chi connectivity index (χ3v) is 6.57. The first-order valence-corrected chi connectivity index (χ1v) is 12.2. The largest absolute Gasteiger partial charge is 0.494 e. The average Bonchev–Trinajstić information content (AvgIpc) is 3.52. The Balaban J connectivity index is 1.44. The maximum absolute atomic E-state index is 12.9. The summed E-state index contributed by atoms with van der Waals surface area (Å²) in [5.41, 5.74) is 6.09. The van der Waals surface area contributed by atoms with Gasteiger partial charge in [0.25, 0.3) is 0 Å². The fraction of sp³-hybridized carbons (Fsp3) is 0.417. The molecular formula is C24H31N5O5S. The summed E-state index contributed by atoms with van der Waals surface area (Å²) in [4.78, 5) is 40.2. The molecule has 1 saturated heterocycles. The van der Waals surface area contributed by atoms with E-state index in [1.54, 1.807) is 11.4 Å². The van der Waals surface area contributed by atoms with E-state index in [0.29, 0.717) is 31.6 Å². The molecule has 0 bridgehead atoms. The zero-order chi connectivity index (χ0) is 25.2. The number of para-hydroxylation sites is 1. The first kappa shape index (κ1) is 26.2. The minimum atomic E-state index is -0.782. The standard InChI is InChI=1S/C24H31N5O5S/c1-33-19-9-10-29(22(19)24(32)28-13-18-12-16(15-35-18)23(25)26)21(31)14-27-20(30)8-5-11-34-17-6-3-2-4-7-17/h2-4,6-7,12,15,19,22H,5,8-11,13-14H2,1H3,(H3,25,26)(H,27,30)(H,28,32). The van der Waals surface area contributed by atoms with E-state index in [4.69, 9.17) is 20.6 Å². The van der Waals surface area contributed by atoms with E-state index in [9.17, 15) is 14.4 Å². The van der Waals surface area contributed by atoms with Crippen LogP contribution < -0.4 is 21.1 Å². The van der Waals surface area contributed by atoms with Gasteiger partial charge in [-0.2, -0.15) is 0 Å². The van der Waals surface area contributed by atoms with Crippen LogP contribution in [-0.2, 0) is 25.7 Å². The van der Waals surface area contributed by atoms with Crippen molar-refractivity contribution in [1.29, 1.82) is 5.41 Å². The maximum atomic E-state index is 12.9. The Morgan fingerprint density at radius 2 is 2.00 bits per heavy atom. The van der Waals surface area contributed by atoms with Crippen LogP contribution in [0.15, 0.2) is 41.8 Å². The monoisotopic (exact) mass is 501 g/mol. The molecule has 0 spiro atoms. The first-order valence-electron chi connectivity index (χ1n) is 11.4. The van der Waals surface area contributed by atoms with Gasteiger partial charge in [-0.3, -0.25) is 19.8 Å². The second kappa shape index (κ2) is 12.9. The Kier molecular flexibility index (Phi) is 9.62. The fourth-order valence-corrected chi connectivity index (χ4v) is 4.62. The number of benzene rings is 1. The number of likely N-dealkylation sites (tertiary alicyclic amines) is 1. The molecule has 1 aromatic carbocycles. The van der Waals surface area contributed by atoms with Gasteiger partial charge in [-0.15, -0.1) is 11.3 Å². The number of amidine groups is 1. The maximum Gasteiger partial charge on any atom is 0.245 e. The van der Waals surface area contributed by atoms with Crippen molar-refractivity contribution in [1.82, 2.24) is 15.5 Å². The zero-order valence-corrected chi connectivity index (χ0v) is 20.4. The summed E-state index contributed by atoms with van der Waals surface area (Å²) in [6.07, 6.45) is 0.844. The Hall–Kier alpha value is -3.44. The van der Waals surface area contributed by atoms with Gasteiger partial charge in [0.05, 0.1) is 25.8 Å². The van der Waals surface area contributed by atoms with Gasteiger partial charge in [0.1, 0.15) is 17.6 Å². The lowest BCUT2D eigenvalue weighted by Crippen LogP contribution is -2.52. The quantitative estimate of drug-likeness (QED) is 0.195. The molecule has 2 unspecified atom stereocenters. The number of amides is 3. The van der Waals surface area contributed by atoms with E-state index in [1.807, 2.05) is 30.3 Å². The predicted octanol–water partition coefficient (Wildman–Crippen LogP) is 1.24. The van der Waals surface area contributed by atoms with Crippen LogP contribution in [0.4, 0.5) is 0 Å². The Morgan fingerprint density at radius 3 is 2.69 bits per heavy atom. The number of hydrogen-bond donors (Lipinski definition) is 4. The van der Waals surface area contributed by atoms with Crippen molar-refractivity contribution in [2.45, 2.75) is 38.0 Å². The van der Waals surface area contributed by atoms with Crippen LogP contribution in [0.3, 0.4) is 0 Å². The molecule has 0 saturated carbocycles. The summed E-state index contributed by atoms with van der Waals surface area (Å²) in [6.45, 7) is 0.830. The number of ether oxygens (including phenoxy) is 2. The lowest BCUT2D eigenvalue weighted by molar-refractivity contribution is -0.141. The number of nitrogens with two attached hydrogens (primary N) is 1. The van der Waals surface area contributed by atoms with Crippen LogP contribution >= 0.6 is 11.3 Å². The molecule has 11 heteroatoms. The highest BCUT2D eigenvalue weighted by Gasteiger charge is 2.41. The van der Waals surface area contributed by atoms with Gasteiger partial charge < -0.3 is 30.7 Å². The van der Waals surface area contributed by atoms with Gasteiger partial charge in [-0.25, -0.2) is 0 Å². The van der Waals surface area contributed by atoms with Crippen LogP contribution in [0.1, 0.15) is 29.7 Å². The van der Waals surface area contributed by atoms with Gasteiger partial charge >= 0.3 is 0 Å². The van der Waals surface area contributed by atoms with E-state index in [-0.39, 0.29) is 43.1 Å². The summed E-state index contributed by atoms with van der Waals surface area (Å²) >= 11 is 1.39. The highest BCUT2D eigenvalue weighted by Crippen LogP contribution is 2.22. The van der Waals surface area contributed by atoms with Crippen molar-refractivity contribution in [2.75, 3.05) is 26.8 Å². The predicted molar refractivity (Wildman–Crippen MR) is 132 cm³/mol. The minimum absolute atomic E-state index is 0.0309. The summed E-state index contributed by atoms with van der Waals surface area (Å²) in [5.74, 6) is -0.208. The molecule has 3 rings (SSSR count). The minimum Gasteiger partial charge on any atom is -0.494 e. The molecule has 35 heavy (non-hydrogen) atoms. The molecule has 2 atom stereocenters. The average molecular weight is 502 g/mol. The third-order valence-electron chi connectivity index (χ3n) is 5.63. The SMILES string of the molecule is COC1CCN(C(=O)CNC(=O)CCCOc2ccccc2)C1C(=O)NCc1cc(C(=N)N)cs1. The lowest BCUT2D eigenvalue weighted by Gasteiger charge is -2.26. The van der Waals surface area contributed by atoms with Gasteiger partial charge in [0.15, 0.2) is 0 Å². The van der Waals surface area contributed by atoms with Crippen molar-refractivity contribution in [3.63, 3.8) is 0 Å². The van der Waals surface area contributed by atoms with Crippen LogP contribution in [0.5, 0.6) is 5.75 Å². The molecule has 3 amide bonds. The van der Waals surface area contributed by atoms with E-state index in [1.165, 1.54) is 23.3 Å². The number of thiophene rings is 1. The summed E-state index contributed by atoms with van der Waals surface area (Å²) in [5, 5.41) is 14.7. The summed E-state index contributed by atoms with van der Waals surface area (Å²) in [6, 6.07) is 10.3. The molecule has 10 nitrogen and oxygen atoms in total. The lowest BCUT2D eigenvalue weighted by atomic mass is 10.1. The molecule has 1 aliphatic rings. The number of methoxy groups -OCH3 is 1. The first-order chi connectivity index (χ1) is 16.9. The molecule has 2 aromatic rings. The second-order valence-corrected chi connectivity index (χ2v) is 9.07. The normalized spacial score (nSPS) is 17.1. The Bertz CT molecular complexity index is 1030. The van der Waals surface area contributed by atoms with Gasteiger partial charge in [0.2, 0.25) is 17.7 Å². The van der Waals surface area contributed by atoms with E-state index in [0.717, 1.165) is 10.6 Å². The molecule has 5 N–H and O–H groups in total. The van der Waals surface area contributed by atoms with Crippen LogP contribution in [-0.4, -0.2) is 67.4 Å². The van der Waals surface area contributed by atoms with Crippen molar-refractivity contribution >= 4 is 34.9 Å². The molecule has 0 aliphatic carbocycles. The summed E-state index contributed by atoms with van der Waals surface area (Å²) in [7, 11) is 1.51. The number of nitrogen functional groups attached to an aromatic ring is 1. The highest BCUT2D eigenvalue weighted by atomic mass is 32.1. The van der Waals surface area contributed by atoms with Crippen LogP contribution in [0.2, 0.25) is 0 Å². The van der Waals surface area contributed by atoms with Crippen molar-refractivity contribution in [2.24, 2.45) is 5.73 Å². The topological polar surface area (TPSA) is 147 Å². The number of hydrogen-bond acceptors (Lipinski definition) is 7. The van der Waals surface area contributed by atoms with E-state index >= 15 is 0 Å². The fourth-order valence-electron chi connectivity index (χ4n) is 3.80. The number of nitrogens with zero attached hydrogens (tertiary/aromatic N) is 1. The molecule has 0 radical (unpaired) electrons. The molecule has 2 heterocycles. The van der Waals surface area contributed by atoms with Crippen LogP contribution in [0, 0.1) is 5.41 Å². The second-order valence-electron chi connectivity index (χ2n) is 8.07. The Labute approximate surface area is 208 Å². The van der Waals surface area contributed by atoms with E-state index < -0.39 is 12.1 Å². The molecule has 188 valence electrons. The summed E-state index contributed by atoms with van der Waals surface area (Å²) < 4.78 is 11.0. The number of nitrogens with one attached hydrogen (secondary N) is 3. The number of carbonyl (C=O) groups is 3. The van der Waals surface area contributed by atoms with Crippen molar-refractivity contribution in [3.8, 4) is 5.75 Å². The zero-order valence-electron chi connectivity index (χ0n) is 19.6. The van der Waals surface area contributed by atoms with Gasteiger partial charge in [-0.1, -0.05) is 18.2 Å². The molecule has 1 fully saturated rings.